The van der Waals surface area contributed by atoms with Crippen molar-refractivity contribution in [3.8, 4) is 0 Å². The van der Waals surface area contributed by atoms with Gasteiger partial charge in [-0.05, 0) is 31.7 Å². The summed E-state index contributed by atoms with van der Waals surface area (Å²) >= 11 is 0. The van der Waals surface area contributed by atoms with Gasteiger partial charge in [-0.2, -0.15) is 4.98 Å². The third-order valence-electron chi connectivity index (χ3n) is 5.66. The van der Waals surface area contributed by atoms with E-state index in [2.05, 4.69) is 53.1 Å². The first kappa shape index (κ1) is 19.2. The van der Waals surface area contributed by atoms with Gasteiger partial charge in [-0.3, -0.25) is 0 Å². The quantitative estimate of drug-likeness (QED) is 0.757. The van der Waals surface area contributed by atoms with Gasteiger partial charge in [0.05, 0.1) is 18.4 Å². The Morgan fingerprint density at radius 3 is 2.71 bits per heavy atom. The summed E-state index contributed by atoms with van der Waals surface area (Å²) < 4.78 is 5.58. The molecule has 1 atom stereocenters. The second-order valence-corrected chi connectivity index (χ2v) is 7.74. The van der Waals surface area contributed by atoms with Crippen molar-refractivity contribution >= 4 is 11.8 Å². The van der Waals surface area contributed by atoms with E-state index in [1.165, 1.54) is 5.56 Å². The fraction of sp³-hybridized carbons (Fsp3) is 0.545. The Kier molecular flexibility index (Phi) is 6.07. The van der Waals surface area contributed by atoms with Crippen molar-refractivity contribution in [2.45, 2.75) is 38.2 Å². The number of aromatic nitrogens is 2. The minimum atomic E-state index is -0.265. The number of benzene rings is 1. The van der Waals surface area contributed by atoms with Crippen molar-refractivity contribution in [1.82, 2.24) is 9.97 Å². The molecule has 150 valence electrons. The molecular formula is C22H30N4O2. The summed E-state index contributed by atoms with van der Waals surface area (Å²) in [5, 5.41) is 9.68. The van der Waals surface area contributed by atoms with Gasteiger partial charge in [0, 0.05) is 44.8 Å². The molecule has 2 saturated heterocycles. The maximum atomic E-state index is 9.68. The molecule has 28 heavy (non-hydrogen) atoms. The summed E-state index contributed by atoms with van der Waals surface area (Å²) in [5.41, 5.74) is 2.45. The monoisotopic (exact) mass is 382 g/mol. The van der Waals surface area contributed by atoms with Crippen LogP contribution < -0.4 is 9.80 Å². The Balaban J connectivity index is 1.49. The molecule has 6 nitrogen and oxygen atoms in total. The molecule has 2 aliphatic heterocycles. The molecule has 0 amide bonds. The van der Waals surface area contributed by atoms with Crippen LogP contribution in [0.1, 0.15) is 36.9 Å². The van der Waals surface area contributed by atoms with E-state index in [0.29, 0.717) is 19.0 Å². The summed E-state index contributed by atoms with van der Waals surface area (Å²) in [7, 11) is 0. The van der Waals surface area contributed by atoms with Gasteiger partial charge in [0.15, 0.2) is 0 Å². The van der Waals surface area contributed by atoms with Gasteiger partial charge in [-0.15, -0.1) is 0 Å². The van der Waals surface area contributed by atoms with Crippen molar-refractivity contribution in [2.75, 3.05) is 49.2 Å². The molecule has 2 aliphatic rings. The van der Waals surface area contributed by atoms with Crippen LogP contribution in [0.4, 0.5) is 11.8 Å². The average molecular weight is 383 g/mol. The van der Waals surface area contributed by atoms with Gasteiger partial charge < -0.3 is 19.6 Å². The first-order valence-corrected chi connectivity index (χ1v) is 10.4. The Hall–Kier alpha value is -2.18. The van der Waals surface area contributed by atoms with Crippen LogP contribution in [0.2, 0.25) is 0 Å². The highest BCUT2D eigenvalue weighted by atomic mass is 16.5. The standard InChI is InChI=1S/C22H30N4O2/c1-2-25(11-6-9-17-7-4-3-5-8-17)21-13-20(18-10-12-28-16-18)23-22(24-21)26-14-19(27)15-26/h3-5,7-8,13,18-19,27H,2,6,9-12,14-16H2,1H3/t18-/m1/s1. The van der Waals surface area contributed by atoms with Crippen molar-refractivity contribution in [1.29, 1.82) is 0 Å². The molecule has 0 saturated carbocycles. The molecule has 4 rings (SSSR count). The highest BCUT2D eigenvalue weighted by molar-refractivity contribution is 5.48. The Morgan fingerprint density at radius 1 is 1.21 bits per heavy atom. The average Bonchev–Trinajstić information content (AvgIpc) is 3.24. The second-order valence-electron chi connectivity index (χ2n) is 7.74. The lowest BCUT2D eigenvalue weighted by Crippen LogP contribution is -2.51. The van der Waals surface area contributed by atoms with Crippen LogP contribution in [0.5, 0.6) is 0 Å². The molecule has 3 heterocycles. The minimum absolute atomic E-state index is 0.265. The summed E-state index contributed by atoms with van der Waals surface area (Å²) in [6, 6.07) is 12.8. The topological polar surface area (TPSA) is 61.7 Å². The van der Waals surface area contributed by atoms with Crippen LogP contribution >= 0.6 is 0 Å². The highest BCUT2D eigenvalue weighted by Gasteiger charge is 2.29. The second kappa shape index (κ2) is 8.88. The number of hydrogen-bond donors (Lipinski definition) is 1. The molecule has 1 N–H and O–H groups in total. The van der Waals surface area contributed by atoms with Crippen molar-refractivity contribution in [2.24, 2.45) is 0 Å². The molecule has 0 aliphatic carbocycles. The fourth-order valence-electron chi connectivity index (χ4n) is 3.89. The van der Waals surface area contributed by atoms with Crippen LogP contribution in [0, 0.1) is 0 Å². The Morgan fingerprint density at radius 2 is 2.04 bits per heavy atom. The van der Waals surface area contributed by atoms with Crippen LogP contribution in [-0.2, 0) is 11.2 Å². The minimum Gasteiger partial charge on any atom is -0.389 e. The van der Waals surface area contributed by atoms with E-state index >= 15 is 0 Å². The smallest absolute Gasteiger partial charge is 0.227 e. The predicted molar refractivity (Wildman–Crippen MR) is 111 cm³/mol. The number of anilines is 2. The maximum Gasteiger partial charge on any atom is 0.227 e. The van der Waals surface area contributed by atoms with E-state index in [1.807, 2.05) is 0 Å². The largest absolute Gasteiger partial charge is 0.389 e. The van der Waals surface area contributed by atoms with E-state index in [-0.39, 0.29) is 6.10 Å². The number of β-amino-alcohol motifs (C(OH)–C–C–N with tert-alkyl or cyclic N) is 1. The van der Waals surface area contributed by atoms with E-state index in [1.54, 1.807) is 0 Å². The van der Waals surface area contributed by atoms with Crippen molar-refractivity contribution < 1.29 is 9.84 Å². The first-order chi connectivity index (χ1) is 13.7. The van der Waals surface area contributed by atoms with Gasteiger partial charge in [-0.25, -0.2) is 4.98 Å². The van der Waals surface area contributed by atoms with Crippen molar-refractivity contribution in [3.63, 3.8) is 0 Å². The number of rotatable bonds is 8. The Bertz CT molecular complexity index is 758. The summed E-state index contributed by atoms with van der Waals surface area (Å²) in [5.74, 6) is 2.07. The zero-order valence-electron chi connectivity index (χ0n) is 16.6. The molecule has 0 radical (unpaired) electrons. The molecule has 6 heteroatoms. The number of aliphatic hydroxyl groups is 1. The fourth-order valence-corrected chi connectivity index (χ4v) is 3.89. The highest BCUT2D eigenvalue weighted by Crippen LogP contribution is 2.29. The molecular weight excluding hydrogens is 352 g/mol. The number of aliphatic hydroxyl groups excluding tert-OH is 1. The molecule has 1 aromatic heterocycles. The summed E-state index contributed by atoms with van der Waals surface area (Å²) in [6.45, 7) is 6.82. The molecule has 1 aromatic carbocycles. The van der Waals surface area contributed by atoms with Crippen LogP contribution in [-0.4, -0.2) is 60.6 Å². The van der Waals surface area contributed by atoms with E-state index < -0.39 is 0 Å². The first-order valence-electron chi connectivity index (χ1n) is 10.4. The van der Waals surface area contributed by atoms with Crippen LogP contribution in [0.3, 0.4) is 0 Å². The third-order valence-corrected chi connectivity index (χ3v) is 5.66. The lowest BCUT2D eigenvalue weighted by molar-refractivity contribution is 0.140. The van der Waals surface area contributed by atoms with E-state index in [9.17, 15) is 5.11 Å². The van der Waals surface area contributed by atoms with Crippen LogP contribution in [0.15, 0.2) is 36.4 Å². The lowest BCUT2D eigenvalue weighted by Gasteiger charge is -2.36. The Labute approximate surface area is 167 Å². The molecule has 2 fully saturated rings. The molecule has 2 aromatic rings. The van der Waals surface area contributed by atoms with Gasteiger partial charge in [0.1, 0.15) is 5.82 Å². The summed E-state index contributed by atoms with van der Waals surface area (Å²) in [6.07, 6.45) is 2.90. The van der Waals surface area contributed by atoms with E-state index in [0.717, 1.165) is 63.0 Å². The van der Waals surface area contributed by atoms with Gasteiger partial charge in [0.2, 0.25) is 5.95 Å². The predicted octanol–water partition coefficient (Wildman–Crippen LogP) is 2.62. The molecule has 0 bridgehead atoms. The lowest BCUT2D eigenvalue weighted by atomic mass is 10.0. The number of ether oxygens (including phenoxy) is 1. The maximum absolute atomic E-state index is 9.68. The number of aryl methyl sites for hydroxylation is 1. The molecule has 0 spiro atoms. The molecule has 0 unspecified atom stereocenters. The van der Waals surface area contributed by atoms with Gasteiger partial charge in [0.25, 0.3) is 0 Å². The normalized spacial score (nSPS) is 19.6. The number of nitrogens with zero attached hydrogens (tertiary/aromatic N) is 4. The van der Waals surface area contributed by atoms with E-state index in [4.69, 9.17) is 14.7 Å². The van der Waals surface area contributed by atoms with Crippen LogP contribution in [0.25, 0.3) is 0 Å². The third kappa shape index (κ3) is 4.45. The SMILES string of the molecule is CCN(CCCc1ccccc1)c1cc([C@@H]2CCOC2)nc(N2CC(O)C2)n1. The number of hydrogen-bond acceptors (Lipinski definition) is 6. The zero-order chi connectivity index (χ0) is 19.3. The van der Waals surface area contributed by atoms with Gasteiger partial charge >= 0.3 is 0 Å². The van der Waals surface area contributed by atoms with Gasteiger partial charge in [-0.1, -0.05) is 30.3 Å². The summed E-state index contributed by atoms with van der Waals surface area (Å²) in [4.78, 5) is 14.1. The van der Waals surface area contributed by atoms with Crippen molar-refractivity contribution in [3.05, 3.63) is 47.7 Å². The zero-order valence-corrected chi connectivity index (χ0v) is 16.6.